The number of carbonyl (C=O) groups excluding carboxylic acids is 1. The summed E-state index contributed by atoms with van der Waals surface area (Å²) in [5, 5.41) is 0. The molecule has 1 aromatic rings. The van der Waals surface area contributed by atoms with Crippen molar-refractivity contribution in [3.8, 4) is 0 Å². The highest BCUT2D eigenvalue weighted by molar-refractivity contribution is 8.13. The summed E-state index contributed by atoms with van der Waals surface area (Å²) in [6.45, 7) is 2.57. The number of hydrogen-bond acceptors (Lipinski definition) is 3. The lowest BCUT2D eigenvalue weighted by Crippen LogP contribution is -2.42. The highest BCUT2D eigenvalue weighted by atomic mass is 35.7. The summed E-state index contributed by atoms with van der Waals surface area (Å²) in [5.41, 5.74) is 0.138. The number of likely N-dealkylation sites (tertiary alicyclic amines) is 1. The lowest BCUT2D eigenvalue weighted by molar-refractivity contribution is 0.0635. The first kappa shape index (κ1) is 15.3. The molecule has 0 spiro atoms. The van der Waals surface area contributed by atoms with Gasteiger partial charge in [-0.1, -0.05) is 0 Å². The zero-order valence-electron chi connectivity index (χ0n) is 11.0. The van der Waals surface area contributed by atoms with Gasteiger partial charge in [0.05, 0.1) is 0 Å². The molecular formula is C13H15ClFNO3S. The zero-order valence-corrected chi connectivity index (χ0v) is 12.5. The number of nitrogens with zero attached hydrogens (tertiary/aromatic N) is 1. The van der Waals surface area contributed by atoms with Gasteiger partial charge in [0.15, 0.2) is 0 Å². The molecule has 0 N–H and O–H groups in total. The summed E-state index contributed by atoms with van der Waals surface area (Å²) in [6.07, 6.45) is 2.89. The van der Waals surface area contributed by atoms with E-state index in [9.17, 15) is 17.6 Å². The Labute approximate surface area is 121 Å². The summed E-state index contributed by atoms with van der Waals surface area (Å²) in [4.78, 5) is 13.4. The van der Waals surface area contributed by atoms with E-state index in [2.05, 4.69) is 0 Å². The van der Waals surface area contributed by atoms with E-state index in [1.165, 1.54) is 6.07 Å². The van der Waals surface area contributed by atoms with Gasteiger partial charge in [0.25, 0.3) is 15.0 Å². The number of piperidine rings is 1. The second-order valence-corrected chi connectivity index (χ2v) is 7.46. The lowest BCUT2D eigenvalue weighted by Gasteiger charge is -2.33. The van der Waals surface area contributed by atoms with Gasteiger partial charge in [0.2, 0.25) is 0 Å². The van der Waals surface area contributed by atoms with E-state index in [1.807, 2.05) is 6.92 Å². The molecule has 1 amide bonds. The molecule has 1 aliphatic rings. The largest absolute Gasteiger partial charge is 0.336 e. The van der Waals surface area contributed by atoms with Crippen LogP contribution in [-0.2, 0) is 9.05 Å². The van der Waals surface area contributed by atoms with Gasteiger partial charge in [0.1, 0.15) is 10.7 Å². The quantitative estimate of drug-likeness (QED) is 0.788. The molecular weight excluding hydrogens is 305 g/mol. The molecule has 1 atom stereocenters. The SMILES string of the molecule is CC1CCCCN1C(=O)c1ccc(F)c(S(=O)(=O)Cl)c1. The zero-order chi connectivity index (χ0) is 14.9. The average molecular weight is 320 g/mol. The van der Waals surface area contributed by atoms with Crippen LogP contribution in [0.4, 0.5) is 4.39 Å². The molecule has 110 valence electrons. The van der Waals surface area contributed by atoms with Crippen LogP contribution in [0.25, 0.3) is 0 Å². The Kier molecular flexibility index (Phi) is 4.34. The summed E-state index contributed by atoms with van der Waals surface area (Å²) >= 11 is 0. The minimum atomic E-state index is -4.21. The number of amides is 1. The molecule has 4 nitrogen and oxygen atoms in total. The van der Waals surface area contributed by atoms with Gasteiger partial charge >= 0.3 is 0 Å². The van der Waals surface area contributed by atoms with Gasteiger partial charge in [-0.15, -0.1) is 0 Å². The van der Waals surface area contributed by atoms with Crippen LogP contribution >= 0.6 is 10.7 Å². The van der Waals surface area contributed by atoms with Gasteiger partial charge in [-0.2, -0.15) is 0 Å². The molecule has 0 bridgehead atoms. The second kappa shape index (κ2) is 5.69. The van der Waals surface area contributed by atoms with E-state index in [-0.39, 0.29) is 17.5 Å². The number of carbonyl (C=O) groups is 1. The van der Waals surface area contributed by atoms with Gasteiger partial charge < -0.3 is 4.90 Å². The first-order valence-electron chi connectivity index (χ1n) is 6.36. The Hall–Kier alpha value is -1.14. The van der Waals surface area contributed by atoms with Crippen LogP contribution in [0.15, 0.2) is 23.1 Å². The standard InChI is InChI=1S/C13H15ClFNO3S/c1-9-4-2-3-7-16(9)13(17)10-5-6-11(15)12(8-10)20(14,18)19/h5-6,8-9H,2-4,7H2,1H3. The third kappa shape index (κ3) is 3.12. The molecule has 0 radical (unpaired) electrons. The molecule has 0 aromatic heterocycles. The van der Waals surface area contributed by atoms with Crippen molar-refractivity contribution in [1.29, 1.82) is 0 Å². The van der Waals surface area contributed by atoms with E-state index < -0.39 is 19.8 Å². The summed E-state index contributed by atoms with van der Waals surface area (Å²) in [6, 6.07) is 3.33. The normalized spacial score (nSPS) is 19.9. The summed E-state index contributed by atoms with van der Waals surface area (Å²) < 4.78 is 36.0. The smallest absolute Gasteiger partial charge is 0.264 e. The average Bonchev–Trinajstić information content (AvgIpc) is 2.37. The Morgan fingerprint density at radius 2 is 2.10 bits per heavy atom. The van der Waals surface area contributed by atoms with Crippen molar-refractivity contribution in [1.82, 2.24) is 4.90 Å². The van der Waals surface area contributed by atoms with Gasteiger partial charge in [0, 0.05) is 28.8 Å². The first-order valence-corrected chi connectivity index (χ1v) is 8.67. The van der Waals surface area contributed by atoms with E-state index >= 15 is 0 Å². The fourth-order valence-corrected chi connectivity index (χ4v) is 3.31. The van der Waals surface area contributed by atoms with Crippen LogP contribution in [-0.4, -0.2) is 31.8 Å². The van der Waals surface area contributed by atoms with Gasteiger partial charge in [-0.3, -0.25) is 4.79 Å². The molecule has 1 fully saturated rings. The van der Waals surface area contributed by atoms with Crippen LogP contribution in [0, 0.1) is 5.82 Å². The molecule has 7 heteroatoms. The number of benzene rings is 1. The summed E-state index contributed by atoms with van der Waals surface area (Å²) in [5.74, 6) is -1.25. The first-order chi connectivity index (χ1) is 9.30. The molecule has 1 heterocycles. The predicted molar refractivity (Wildman–Crippen MR) is 73.8 cm³/mol. The highest BCUT2D eigenvalue weighted by Gasteiger charge is 2.26. The van der Waals surface area contributed by atoms with E-state index in [4.69, 9.17) is 10.7 Å². The monoisotopic (exact) mass is 319 g/mol. The van der Waals surface area contributed by atoms with Crippen molar-refractivity contribution in [3.05, 3.63) is 29.6 Å². The number of rotatable bonds is 2. The minimum Gasteiger partial charge on any atom is -0.336 e. The van der Waals surface area contributed by atoms with Crippen LogP contribution in [0.3, 0.4) is 0 Å². The maximum absolute atomic E-state index is 13.5. The highest BCUT2D eigenvalue weighted by Crippen LogP contribution is 2.23. The van der Waals surface area contributed by atoms with Crippen molar-refractivity contribution < 1.29 is 17.6 Å². The Morgan fingerprint density at radius 3 is 2.70 bits per heavy atom. The number of hydrogen-bond donors (Lipinski definition) is 0. The fourth-order valence-electron chi connectivity index (χ4n) is 2.39. The topological polar surface area (TPSA) is 54.5 Å². The maximum atomic E-state index is 13.5. The van der Waals surface area contributed by atoms with E-state index in [0.717, 1.165) is 31.4 Å². The third-order valence-corrected chi connectivity index (χ3v) is 4.84. The van der Waals surface area contributed by atoms with Crippen LogP contribution in [0.5, 0.6) is 0 Å². The molecule has 1 aromatic carbocycles. The van der Waals surface area contributed by atoms with Crippen LogP contribution in [0.2, 0.25) is 0 Å². The van der Waals surface area contributed by atoms with Crippen LogP contribution in [0.1, 0.15) is 36.5 Å². The molecule has 0 aliphatic carbocycles. The Bertz CT molecular complexity index is 633. The van der Waals surface area contributed by atoms with E-state index in [1.54, 1.807) is 4.90 Å². The molecule has 0 saturated carbocycles. The molecule has 1 saturated heterocycles. The van der Waals surface area contributed by atoms with Gasteiger partial charge in [-0.05, 0) is 44.4 Å². The Morgan fingerprint density at radius 1 is 1.40 bits per heavy atom. The van der Waals surface area contributed by atoms with Crippen molar-refractivity contribution in [2.45, 2.75) is 37.1 Å². The molecule has 20 heavy (non-hydrogen) atoms. The molecule has 1 unspecified atom stereocenters. The molecule has 1 aliphatic heterocycles. The van der Waals surface area contributed by atoms with Gasteiger partial charge in [-0.25, -0.2) is 12.8 Å². The lowest BCUT2D eigenvalue weighted by atomic mass is 10.0. The fraction of sp³-hybridized carbons (Fsp3) is 0.462. The second-order valence-electron chi connectivity index (χ2n) is 4.93. The van der Waals surface area contributed by atoms with Crippen LogP contribution < -0.4 is 0 Å². The third-order valence-electron chi connectivity index (χ3n) is 3.50. The van der Waals surface area contributed by atoms with Crippen molar-refractivity contribution in [2.24, 2.45) is 0 Å². The van der Waals surface area contributed by atoms with Crippen molar-refractivity contribution in [3.63, 3.8) is 0 Å². The Balaban J connectivity index is 2.36. The van der Waals surface area contributed by atoms with Crippen molar-refractivity contribution in [2.75, 3.05) is 6.54 Å². The molecule has 2 rings (SSSR count). The van der Waals surface area contributed by atoms with Crippen molar-refractivity contribution >= 4 is 25.6 Å². The summed E-state index contributed by atoms with van der Waals surface area (Å²) in [7, 11) is 0.955. The maximum Gasteiger partial charge on any atom is 0.264 e. The number of halogens is 2. The van der Waals surface area contributed by atoms with E-state index in [0.29, 0.717) is 6.54 Å². The predicted octanol–water partition coefficient (Wildman–Crippen LogP) is 2.77. The minimum absolute atomic E-state index is 0.0948.